The van der Waals surface area contributed by atoms with Crippen molar-refractivity contribution in [1.82, 2.24) is 10.1 Å². The Labute approximate surface area is 59.8 Å². The van der Waals surface area contributed by atoms with Gasteiger partial charge in [0.05, 0.1) is 0 Å². The van der Waals surface area contributed by atoms with Gasteiger partial charge in [-0.1, -0.05) is 0 Å². The van der Waals surface area contributed by atoms with Gasteiger partial charge in [0.2, 0.25) is 5.89 Å². The van der Waals surface area contributed by atoms with E-state index in [1.165, 1.54) is 0 Å². The van der Waals surface area contributed by atoms with Crippen LogP contribution in [0.1, 0.15) is 12.8 Å². The second-order valence-corrected chi connectivity index (χ2v) is 2.13. The zero-order valence-corrected chi connectivity index (χ0v) is 6.46. The molecule has 1 aromatic heterocycles. The molecule has 0 aliphatic carbocycles. The minimum Gasteiger partial charge on any atom is -0.342 e. The Balaban J connectivity index is 2.74. The standard InChI is InChI=1S/C6H11N3O/c1-4-9(3)6-7-5(2)10-8-6/h4H2,1-3H3. The van der Waals surface area contributed by atoms with Crippen molar-refractivity contribution in [3.63, 3.8) is 0 Å². The minimum atomic E-state index is 0.607. The summed E-state index contributed by atoms with van der Waals surface area (Å²) in [6, 6.07) is 0. The average molecular weight is 141 g/mol. The molecule has 56 valence electrons. The number of rotatable bonds is 2. The predicted octanol–water partition coefficient (Wildman–Crippen LogP) is 0.834. The van der Waals surface area contributed by atoms with Crippen LogP contribution in [0, 0.1) is 6.92 Å². The molecule has 0 atom stereocenters. The van der Waals surface area contributed by atoms with Gasteiger partial charge < -0.3 is 9.42 Å². The molecule has 1 heterocycles. The molecule has 1 rings (SSSR count). The molecule has 1 aromatic rings. The molecular formula is C6H11N3O. The van der Waals surface area contributed by atoms with E-state index < -0.39 is 0 Å². The van der Waals surface area contributed by atoms with Gasteiger partial charge in [-0.25, -0.2) is 0 Å². The SMILES string of the molecule is CCN(C)c1noc(C)n1. The fourth-order valence-electron chi connectivity index (χ4n) is 0.585. The molecule has 0 amide bonds. The molecule has 0 saturated heterocycles. The second kappa shape index (κ2) is 2.68. The summed E-state index contributed by atoms with van der Waals surface area (Å²) in [4.78, 5) is 5.94. The lowest BCUT2D eigenvalue weighted by Crippen LogP contribution is -2.16. The average Bonchev–Trinajstić information content (AvgIpc) is 2.34. The first kappa shape index (κ1) is 7.05. The van der Waals surface area contributed by atoms with Crippen LogP contribution in [0.3, 0.4) is 0 Å². The Morgan fingerprint density at radius 3 is 2.70 bits per heavy atom. The molecule has 0 radical (unpaired) electrons. The van der Waals surface area contributed by atoms with Crippen molar-refractivity contribution in [2.75, 3.05) is 18.5 Å². The summed E-state index contributed by atoms with van der Waals surface area (Å²) in [6.45, 7) is 4.70. The van der Waals surface area contributed by atoms with Gasteiger partial charge in [-0.2, -0.15) is 4.98 Å². The lowest BCUT2D eigenvalue weighted by atomic mass is 10.6. The molecular weight excluding hydrogens is 130 g/mol. The van der Waals surface area contributed by atoms with Gasteiger partial charge in [-0.15, -0.1) is 0 Å². The third kappa shape index (κ3) is 1.26. The molecule has 0 spiro atoms. The van der Waals surface area contributed by atoms with Crippen molar-refractivity contribution < 1.29 is 4.52 Å². The zero-order chi connectivity index (χ0) is 7.56. The van der Waals surface area contributed by atoms with Crippen LogP contribution in [-0.4, -0.2) is 23.7 Å². The largest absolute Gasteiger partial charge is 0.342 e. The van der Waals surface area contributed by atoms with E-state index in [1.807, 2.05) is 18.9 Å². The molecule has 0 N–H and O–H groups in total. The Morgan fingerprint density at radius 1 is 1.60 bits per heavy atom. The summed E-state index contributed by atoms with van der Waals surface area (Å²) in [5, 5.41) is 3.73. The molecule has 0 bridgehead atoms. The normalized spacial score (nSPS) is 9.90. The van der Waals surface area contributed by atoms with E-state index in [-0.39, 0.29) is 0 Å². The predicted molar refractivity (Wildman–Crippen MR) is 38.0 cm³/mol. The fraction of sp³-hybridized carbons (Fsp3) is 0.667. The highest BCUT2D eigenvalue weighted by Crippen LogP contribution is 2.04. The first-order valence-corrected chi connectivity index (χ1v) is 3.25. The first-order chi connectivity index (χ1) is 4.74. The van der Waals surface area contributed by atoms with Gasteiger partial charge in [0, 0.05) is 20.5 Å². The maximum atomic E-state index is 4.78. The van der Waals surface area contributed by atoms with E-state index in [2.05, 4.69) is 10.1 Å². The number of aromatic nitrogens is 2. The van der Waals surface area contributed by atoms with Crippen molar-refractivity contribution in [3.05, 3.63) is 5.89 Å². The van der Waals surface area contributed by atoms with Crippen LogP contribution in [-0.2, 0) is 0 Å². The zero-order valence-electron chi connectivity index (χ0n) is 6.46. The molecule has 0 unspecified atom stereocenters. The highest BCUT2D eigenvalue weighted by molar-refractivity contribution is 5.24. The van der Waals surface area contributed by atoms with Crippen LogP contribution in [0.15, 0.2) is 4.52 Å². The summed E-state index contributed by atoms with van der Waals surface area (Å²) >= 11 is 0. The summed E-state index contributed by atoms with van der Waals surface area (Å²) in [5.74, 6) is 1.26. The van der Waals surface area contributed by atoms with Crippen molar-refractivity contribution in [3.8, 4) is 0 Å². The van der Waals surface area contributed by atoms with Crippen LogP contribution in [0.4, 0.5) is 5.95 Å². The van der Waals surface area contributed by atoms with Crippen molar-refractivity contribution >= 4 is 5.95 Å². The monoisotopic (exact) mass is 141 g/mol. The number of anilines is 1. The van der Waals surface area contributed by atoms with Crippen LogP contribution in [0.5, 0.6) is 0 Å². The van der Waals surface area contributed by atoms with E-state index in [4.69, 9.17) is 4.52 Å². The Bertz CT molecular complexity index is 209. The molecule has 10 heavy (non-hydrogen) atoms. The fourth-order valence-corrected chi connectivity index (χ4v) is 0.585. The van der Waals surface area contributed by atoms with E-state index in [0.29, 0.717) is 11.8 Å². The quantitative estimate of drug-likeness (QED) is 0.612. The van der Waals surface area contributed by atoms with Gasteiger partial charge in [0.15, 0.2) is 0 Å². The van der Waals surface area contributed by atoms with E-state index in [0.717, 1.165) is 6.54 Å². The Kier molecular flexibility index (Phi) is 1.89. The van der Waals surface area contributed by atoms with E-state index in [9.17, 15) is 0 Å². The smallest absolute Gasteiger partial charge is 0.265 e. The molecule has 4 heteroatoms. The summed E-state index contributed by atoms with van der Waals surface area (Å²) in [6.07, 6.45) is 0. The summed E-state index contributed by atoms with van der Waals surface area (Å²) in [5.41, 5.74) is 0. The number of aryl methyl sites for hydroxylation is 1. The Morgan fingerprint density at radius 2 is 2.30 bits per heavy atom. The maximum Gasteiger partial charge on any atom is 0.265 e. The molecule has 0 saturated carbocycles. The van der Waals surface area contributed by atoms with Crippen LogP contribution >= 0.6 is 0 Å². The molecule has 0 aromatic carbocycles. The van der Waals surface area contributed by atoms with Gasteiger partial charge in [0.1, 0.15) is 0 Å². The molecule has 0 aliphatic heterocycles. The van der Waals surface area contributed by atoms with Crippen molar-refractivity contribution in [1.29, 1.82) is 0 Å². The van der Waals surface area contributed by atoms with Crippen LogP contribution in [0.2, 0.25) is 0 Å². The number of hydrogen-bond acceptors (Lipinski definition) is 4. The highest BCUT2D eigenvalue weighted by atomic mass is 16.5. The Hall–Kier alpha value is -1.06. The lowest BCUT2D eigenvalue weighted by molar-refractivity contribution is 0.393. The lowest BCUT2D eigenvalue weighted by Gasteiger charge is -2.08. The maximum absolute atomic E-state index is 4.78. The van der Waals surface area contributed by atoms with Crippen molar-refractivity contribution in [2.24, 2.45) is 0 Å². The van der Waals surface area contributed by atoms with E-state index >= 15 is 0 Å². The molecule has 0 aliphatic rings. The minimum absolute atomic E-state index is 0.607. The van der Waals surface area contributed by atoms with Crippen LogP contribution in [0.25, 0.3) is 0 Å². The van der Waals surface area contributed by atoms with Gasteiger partial charge in [-0.3, -0.25) is 0 Å². The molecule has 4 nitrogen and oxygen atoms in total. The topological polar surface area (TPSA) is 42.2 Å². The van der Waals surface area contributed by atoms with Crippen LogP contribution < -0.4 is 4.90 Å². The highest BCUT2D eigenvalue weighted by Gasteiger charge is 2.04. The van der Waals surface area contributed by atoms with Crippen molar-refractivity contribution in [2.45, 2.75) is 13.8 Å². The summed E-state index contributed by atoms with van der Waals surface area (Å²) in [7, 11) is 1.92. The van der Waals surface area contributed by atoms with E-state index in [1.54, 1.807) is 6.92 Å². The van der Waals surface area contributed by atoms with Gasteiger partial charge in [0.25, 0.3) is 5.95 Å². The first-order valence-electron chi connectivity index (χ1n) is 3.25. The molecule has 0 fully saturated rings. The second-order valence-electron chi connectivity index (χ2n) is 2.13. The number of hydrogen-bond donors (Lipinski definition) is 0. The summed E-state index contributed by atoms with van der Waals surface area (Å²) < 4.78 is 4.78. The third-order valence-electron chi connectivity index (χ3n) is 1.33. The van der Waals surface area contributed by atoms with Gasteiger partial charge >= 0.3 is 0 Å². The number of nitrogens with zero attached hydrogens (tertiary/aromatic N) is 3. The van der Waals surface area contributed by atoms with Gasteiger partial charge in [-0.05, 0) is 12.1 Å². The third-order valence-corrected chi connectivity index (χ3v) is 1.33.